The predicted molar refractivity (Wildman–Crippen MR) is 74.5 cm³/mol. The first-order chi connectivity index (χ1) is 9.26. The molecule has 0 radical (unpaired) electrons. The fourth-order valence-electron chi connectivity index (χ4n) is 1.51. The lowest BCUT2D eigenvalue weighted by atomic mass is 10.1. The molecule has 2 N–H and O–H groups in total. The molecule has 0 saturated carbocycles. The highest BCUT2D eigenvalue weighted by atomic mass is 16.5. The number of nitrogens with one attached hydrogen (secondary N) is 1. The molecule has 0 spiro atoms. The highest BCUT2D eigenvalue weighted by molar-refractivity contribution is 5.42. The number of rotatable bonds is 5. The number of ether oxygens (including phenoxy) is 2. The largest absolute Gasteiger partial charge is 0.495 e. The number of aliphatic hydroxyl groups excluding tert-OH is 1. The van der Waals surface area contributed by atoms with Crippen LogP contribution in [0.1, 0.15) is 33.3 Å². The van der Waals surface area contributed by atoms with Gasteiger partial charge in [0, 0.05) is 11.6 Å². The Morgan fingerprint density at radius 3 is 2.55 bits per heavy atom. The lowest BCUT2D eigenvalue weighted by Crippen LogP contribution is -2.51. The molecular formula is C14H21N3O3. The fourth-order valence-corrected chi connectivity index (χ4v) is 1.51. The molecule has 0 bridgehead atoms. The zero-order chi connectivity index (χ0) is 15.3. The van der Waals surface area contributed by atoms with Gasteiger partial charge in [-0.3, -0.25) is 5.32 Å². The minimum Gasteiger partial charge on any atom is -0.495 e. The van der Waals surface area contributed by atoms with Crippen molar-refractivity contribution >= 4 is 0 Å². The van der Waals surface area contributed by atoms with E-state index in [0.29, 0.717) is 5.75 Å². The van der Waals surface area contributed by atoms with E-state index in [9.17, 15) is 5.11 Å². The molecule has 2 atom stereocenters. The Balaban J connectivity index is 2.97. The summed E-state index contributed by atoms with van der Waals surface area (Å²) in [6.07, 6.45) is 0.0412. The average Bonchev–Trinajstić information content (AvgIpc) is 2.36. The first-order valence-electron chi connectivity index (χ1n) is 6.33. The molecule has 1 heterocycles. The van der Waals surface area contributed by atoms with Crippen LogP contribution in [0.15, 0.2) is 12.3 Å². The molecule has 0 saturated heterocycles. The van der Waals surface area contributed by atoms with Crippen LogP contribution in [0.25, 0.3) is 0 Å². The molecule has 6 heteroatoms. The summed E-state index contributed by atoms with van der Waals surface area (Å²) in [7, 11) is 1.50. The van der Waals surface area contributed by atoms with E-state index in [1.165, 1.54) is 13.3 Å². The average molecular weight is 279 g/mol. The third-order valence-electron chi connectivity index (χ3n) is 2.43. The van der Waals surface area contributed by atoms with E-state index in [0.717, 1.165) is 0 Å². The second-order valence-corrected chi connectivity index (χ2v) is 5.51. The summed E-state index contributed by atoms with van der Waals surface area (Å²) in [5.74, 6) is 0.641. The van der Waals surface area contributed by atoms with Crippen LogP contribution in [0.5, 0.6) is 11.6 Å². The molecule has 1 unspecified atom stereocenters. The van der Waals surface area contributed by atoms with E-state index in [-0.39, 0.29) is 17.0 Å². The normalized spacial score (nSPS) is 14.2. The van der Waals surface area contributed by atoms with Crippen molar-refractivity contribution in [2.45, 2.75) is 45.6 Å². The Hall–Kier alpha value is -1.84. The standard InChI is InChI=1S/C14H21N3O3/c1-9(18)12(17-14(2,3)4)20-13-10(7-15)6-11(19-5)8-16-13/h6,8-9,12,17-18H,1-5H3/t9?,12-/m0/s1. The monoisotopic (exact) mass is 279 g/mol. The molecule has 1 rings (SSSR count). The van der Waals surface area contributed by atoms with Crippen molar-refractivity contribution in [1.82, 2.24) is 10.3 Å². The zero-order valence-electron chi connectivity index (χ0n) is 12.5. The molecule has 0 aliphatic carbocycles. The molecule has 0 aliphatic heterocycles. The van der Waals surface area contributed by atoms with E-state index in [1.54, 1.807) is 13.0 Å². The third kappa shape index (κ3) is 4.68. The smallest absolute Gasteiger partial charge is 0.233 e. The predicted octanol–water partition coefficient (Wildman–Crippen LogP) is 1.44. The van der Waals surface area contributed by atoms with Crippen LogP contribution >= 0.6 is 0 Å². The minimum atomic E-state index is -0.760. The van der Waals surface area contributed by atoms with Crippen LogP contribution in [-0.4, -0.2) is 35.1 Å². The van der Waals surface area contributed by atoms with Crippen molar-refractivity contribution in [3.63, 3.8) is 0 Å². The molecule has 1 aromatic heterocycles. The van der Waals surface area contributed by atoms with E-state index < -0.39 is 12.3 Å². The van der Waals surface area contributed by atoms with Gasteiger partial charge in [-0.1, -0.05) is 0 Å². The lowest BCUT2D eigenvalue weighted by molar-refractivity contribution is 0.00837. The van der Waals surface area contributed by atoms with Gasteiger partial charge in [0.05, 0.1) is 13.3 Å². The van der Waals surface area contributed by atoms with Gasteiger partial charge < -0.3 is 14.6 Å². The summed E-state index contributed by atoms with van der Waals surface area (Å²) in [6, 6.07) is 3.54. The van der Waals surface area contributed by atoms with Gasteiger partial charge >= 0.3 is 0 Å². The van der Waals surface area contributed by atoms with Crippen LogP contribution in [-0.2, 0) is 0 Å². The van der Waals surface area contributed by atoms with E-state index in [1.807, 2.05) is 26.8 Å². The maximum Gasteiger partial charge on any atom is 0.233 e. The van der Waals surface area contributed by atoms with Crippen molar-refractivity contribution in [3.8, 4) is 17.7 Å². The molecular weight excluding hydrogens is 258 g/mol. The molecule has 0 fully saturated rings. The van der Waals surface area contributed by atoms with Crippen molar-refractivity contribution in [2.24, 2.45) is 0 Å². The Morgan fingerprint density at radius 1 is 1.45 bits per heavy atom. The van der Waals surface area contributed by atoms with Crippen LogP contribution in [0, 0.1) is 11.3 Å². The summed E-state index contributed by atoms with van der Waals surface area (Å²) in [6.45, 7) is 7.48. The SMILES string of the molecule is COc1cnc(O[C@H](NC(C)(C)C)C(C)O)c(C#N)c1. The van der Waals surface area contributed by atoms with E-state index >= 15 is 0 Å². The highest BCUT2D eigenvalue weighted by Gasteiger charge is 2.24. The Kier molecular flexibility index (Phi) is 5.31. The number of nitrogens with zero attached hydrogens (tertiary/aromatic N) is 2. The van der Waals surface area contributed by atoms with E-state index in [4.69, 9.17) is 14.7 Å². The first-order valence-corrected chi connectivity index (χ1v) is 6.33. The number of hydrogen-bond acceptors (Lipinski definition) is 6. The number of nitriles is 1. The Morgan fingerprint density at radius 2 is 2.10 bits per heavy atom. The maximum atomic E-state index is 9.78. The molecule has 1 aromatic rings. The second-order valence-electron chi connectivity index (χ2n) is 5.51. The van der Waals surface area contributed by atoms with Gasteiger partial charge in [0.1, 0.15) is 23.5 Å². The topological polar surface area (TPSA) is 87.4 Å². The van der Waals surface area contributed by atoms with Crippen LogP contribution < -0.4 is 14.8 Å². The van der Waals surface area contributed by atoms with Gasteiger partial charge in [0.15, 0.2) is 6.23 Å². The molecule has 0 aromatic carbocycles. The van der Waals surface area contributed by atoms with Crippen molar-refractivity contribution in [3.05, 3.63) is 17.8 Å². The van der Waals surface area contributed by atoms with Crippen molar-refractivity contribution in [1.29, 1.82) is 5.26 Å². The van der Waals surface area contributed by atoms with Crippen LogP contribution in [0.4, 0.5) is 0 Å². The Bertz CT molecular complexity index is 489. The summed E-state index contributed by atoms with van der Waals surface area (Å²) >= 11 is 0. The minimum absolute atomic E-state index is 0.163. The molecule has 0 amide bonds. The summed E-state index contributed by atoms with van der Waals surface area (Å²) in [4.78, 5) is 4.05. The van der Waals surface area contributed by atoms with Gasteiger partial charge in [0.2, 0.25) is 5.88 Å². The molecule has 0 aliphatic rings. The number of aromatic nitrogens is 1. The summed E-state index contributed by atoms with van der Waals surface area (Å²) < 4.78 is 10.6. The first kappa shape index (κ1) is 16.2. The van der Waals surface area contributed by atoms with Crippen molar-refractivity contribution in [2.75, 3.05) is 7.11 Å². The van der Waals surface area contributed by atoms with Gasteiger partial charge in [-0.05, 0) is 27.7 Å². The summed E-state index contributed by atoms with van der Waals surface area (Å²) in [5.41, 5.74) is 0.00621. The van der Waals surface area contributed by atoms with Crippen molar-refractivity contribution < 1.29 is 14.6 Å². The number of pyridine rings is 1. The van der Waals surface area contributed by atoms with Gasteiger partial charge in [-0.25, -0.2) is 4.98 Å². The third-order valence-corrected chi connectivity index (χ3v) is 2.43. The fraction of sp³-hybridized carbons (Fsp3) is 0.571. The quantitative estimate of drug-likeness (QED) is 0.793. The van der Waals surface area contributed by atoms with Gasteiger partial charge in [-0.2, -0.15) is 5.26 Å². The zero-order valence-corrected chi connectivity index (χ0v) is 12.5. The molecule has 6 nitrogen and oxygen atoms in total. The van der Waals surface area contributed by atoms with Gasteiger partial charge in [-0.15, -0.1) is 0 Å². The second kappa shape index (κ2) is 6.55. The van der Waals surface area contributed by atoms with E-state index in [2.05, 4.69) is 10.3 Å². The molecule has 20 heavy (non-hydrogen) atoms. The number of aliphatic hydroxyl groups is 1. The number of methoxy groups -OCH3 is 1. The lowest BCUT2D eigenvalue weighted by Gasteiger charge is -2.30. The highest BCUT2D eigenvalue weighted by Crippen LogP contribution is 2.21. The maximum absolute atomic E-state index is 9.78. The molecule has 110 valence electrons. The number of hydrogen-bond donors (Lipinski definition) is 2. The summed E-state index contributed by atoms with van der Waals surface area (Å²) in [5, 5.41) is 22.0. The van der Waals surface area contributed by atoms with Gasteiger partial charge in [0.25, 0.3) is 0 Å². The Labute approximate surface area is 119 Å². The van der Waals surface area contributed by atoms with Crippen LogP contribution in [0.2, 0.25) is 0 Å². The van der Waals surface area contributed by atoms with Crippen LogP contribution in [0.3, 0.4) is 0 Å².